The molecule has 3 N–H and O–H groups in total. The van der Waals surface area contributed by atoms with Crippen LogP contribution in [0.2, 0.25) is 0 Å². The molecule has 1 aromatic rings. The van der Waals surface area contributed by atoms with Crippen molar-refractivity contribution < 1.29 is 14.7 Å². The summed E-state index contributed by atoms with van der Waals surface area (Å²) in [6.45, 7) is 0. The van der Waals surface area contributed by atoms with Crippen LogP contribution in [0.3, 0.4) is 0 Å². The molecule has 0 bridgehead atoms. The summed E-state index contributed by atoms with van der Waals surface area (Å²) in [5, 5.41) is 8.40. The van der Waals surface area contributed by atoms with E-state index in [-0.39, 0.29) is 25.0 Å². The quantitative estimate of drug-likeness (QED) is 0.712. The van der Waals surface area contributed by atoms with Gasteiger partial charge in [-0.25, -0.2) is 0 Å². The number of carboxylic acid groups (broad SMARTS) is 1. The second kappa shape index (κ2) is 5.14. The van der Waals surface area contributed by atoms with E-state index >= 15 is 0 Å². The van der Waals surface area contributed by atoms with E-state index in [4.69, 9.17) is 10.8 Å². The van der Waals surface area contributed by atoms with E-state index in [1.807, 2.05) is 0 Å². The molecule has 0 amide bonds. The topological polar surface area (TPSA) is 80.4 Å². The number of hydrogen-bond donors (Lipinski definition) is 2. The van der Waals surface area contributed by atoms with Gasteiger partial charge < -0.3 is 10.8 Å². The monoisotopic (exact) mass is 207 g/mol. The zero-order valence-corrected chi connectivity index (χ0v) is 8.27. The van der Waals surface area contributed by atoms with Crippen LogP contribution >= 0.6 is 0 Å². The van der Waals surface area contributed by atoms with E-state index in [0.717, 1.165) is 5.56 Å². The lowest BCUT2D eigenvalue weighted by atomic mass is 10.1. The second-order valence-electron chi connectivity index (χ2n) is 3.35. The van der Waals surface area contributed by atoms with E-state index in [9.17, 15) is 9.59 Å². The number of carboxylic acids is 1. The molecule has 1 aromatic carbocycles. The molecule has 0 spiro atoms. The fraction of sp³-hybridized carbons (Fsp3) is 0.273. The van der Waals surface area contributed by atoms with Crippen LogP contribution in [0.5, 0.6) is 0 Å². The first-order valence-corrected chi connectivity index (χ1v) is 4.66. The zero-order valence-electron chi connectivity index (χ0n) is 8.27. The smallest absolute Gasteiger partial charge is 0.303 e. The number of benzene rings is 1. The molecule has 0 fully saturated rings. The molecule has 15 heavy (non-hydrogen) atoms. The number of ketones is 1. The van der Waals surface area contributed by atoms with Gasteiger partial charge in [0.1, 0.15) is 5.78 Å². The number of nitrogens with two attached hydrogens (primary N) is 1. The Hall–Kier alpha value is -1.84. The fourth-order valence-electron chi connectivity index (χ4n) is 1.20. The predicted octanol–water partition coefficient (Wildman–Crippen LogP) is 1.25. The molecule has 1 rings (SSSR count). The lowest BCUT2D eigenvalue weighted by Gasteiger charge is -2.00. The number of carbonyl (C=O) groups excluding carboxylic acids is 1. The van der Waals surface area contributed by atoms with Crippen LogP contribution in [0.25, 0.3) is 0 Å². The van der Waals surface area contributed by atoms with Gasteiger partial charge in [0.2, 0.25) is 0 Å². The molecule has 0 aliphatic heterocycles. The van der Waals surface area contributed by atoms with Crippen molar-refractivity contribution in [1.29, 1.82) is 0 Å². The highest BCUT2D eigenvalue weighted by atomic mass is 16.4. The van der Waals surface area contributed by atoms with Crippen molar-refractivity contribution in [1.82, 2.24) is 0 Å². The number of aliphatic carboxylic acids is 1. The van der Waals surface area contributed by atoms with Gasteiger partial charge in [0.05, 0.1) is 6.42 Å². The lowest BCUT2D eigenvalue weighted by molar-refractivity contribution is -0.138. The Morgan fingerprint density at radius 3 is 2.27 bits per heavy atom. The van der Waals surface area contributed by atoms with Gasteiger partial charge in [-0.1, -0.05) is 12.1 Å². The summed E-state index contributed by atoms with van der Waals surface area (Å²) in [5.74, 6) is -1.01. The summed E-state index contributed by atoms with van der Waals surface area (Å²) in [5.41, 5.74) is 7.00. The van der Waals surface area contributed by atoms with Crippen molar-refractivity contribution in [3.05, 3.63) is 29.8 Å². The van der Waals surface area contributed by atoms with Crippen molar-refractivity contribution in [3.63, 3.8) is 0 Å². The minimum Gasteiger partial charge on any atom is -0.481 e. The van der Waals surface area contributed by atoms with E-state index in [1.54, 1.807) is 24.3 Å². The fourth-order valence-corrected chi connectivity index (χ4v) is 1.20. The molecule has 0 aromatic heterocycles. The Labute approximate surface area is 87.7 Å². The average molecular weight is 207 g/mol. The molecule has 4 nitrogen and oxygen atoms in total. The van der Waals surface area contributed by atoms with Crippen LogP contribution in [-0.4, -0.2) is 16.9 Å². The van der Waals surface area contributed by atoms with Crippen molar-refractivity contribution in [3.8, 4) is 0 Å². The van der Waals surface area contributed by atoms with Gasteiger partial charge in [-0.15, -0.1) is 0 Å². The van der Waals surface area contributed by atoms with Crippen molar-refractivity contribution >= 4 is 17.4 Å². The van der Waals surface area contributed by atoms with Gasteiger partial charge in [0, 0.05) is 18.5 Å². The number of anilines is 1. The standard InChI is InChI=1S/C11H13NO3/c12-9-3-1-8(2-4-9)7-10(13)5-6-11(14)15/h1-4H,5-7,12H2,(H,14,15). The Morgan fingerprint density at radius 2 is 1.73 bits per heavy atom. The highest BCUT2D eigenvalue weighted by Crippen LogP contribution is 2.07. The molecule has 0 atom stereocenters. The van der Waals surface area contributed by atoms with Crippen LogP contribution in [0.1, 0.15) is 18.4 Å². The number of Topliss-reactive ketones (excluding diaryl/α,β-unsaturated/α-hetero) is 1. The van der Waals surface area contributed by atoms with Gasteiger partial charge in [-0.05, 0) is 17.7 Å². The largest absolute Gasteiger partial charge is 0.481 e. The minimum atomic E-state index is -0.944. The van der Waals surface area contributed by atoms with Crippen molar-refractivity contribution in [2.45, 2.75) is 19.3 Å². The molecular formula is C11H13NO3. The zero-order chi connectivity index (χ0) is 11.3. The molecule has 4 heteroatoms. The normalized spacial score (nSPS) is 9.87. The molecule has 0 aliphatic carbocycles. The van der Waals surface area contributed by atoms with Crippen LogP contribution in [0.15, 0.2) is 24.3 Å². The van der Waals surface area contributed by atoms with E-state index in [1.165, 1.54) is 0 Å². The van der Waals surface area contributed by atoms with Gasteiger partial charge in [0.15, 0.2) is 0 Å². The Balaban J connectivity index is 2.44. The number of rotatable bonds is 5. The predicted molar refractivity (Wildman–Crippen MR) is 56.4 cm³/mol. The third kappa shape index (κ3) is 4.26. The third-order valence-corrected chi connectivity index (χ3v) is 2.00. The highest BCUT2D eigenvalue weighted by Gasteiger charge is 2.06. The summed E-state index contributed by atoms with van der Waals surface area (Å²) in [6, 6.07) is 6.99. The summed E-state index contributed by atoms with van der Waals surface area (Å²) < 4.78 is 0. The molecule has 80 valence electrons. The molecular weight excluding hydrogens is 194 g/mol. The van der Waals surface area contributed by atoms with Crippen LogP contribution in [-0.2, 0) is 16.0 Å². The van der Waals surface area contributed by atoms with Crippen LogP contribution in [0, 0.1) is 0 Å². The number of nitrogen functional groups attached to an aromatic ring is 1. The molecule has 0 saturated carbocycles. The minimum absolute atomic E-state index is 0.0674. The Morgan fingerprint density at radius 1 is 1.13 bits per heavy atom. The molecule has 0 saturated heterocycles. The second-order valence-corrected chi connectivity index (χ2v) is 3.35. The molecule has 0 radical (unpaired) electrons. The number of carbonyl (C=O) groups is 2. The first kappa shape index (κ1) is 11.2. The first-order valence-electron chi connectivity index (χ1n) is 4.66. The maximum absolute atomic E-state index is 11.3. The van der Waals surface area contributed by atoms with Crippen LogP contribution in [0.4, 0.5) is 5.69 Å². The Kier molecular flexibility index (Phi) is 3.85. The lowest BCUT2D eigenvalue weighted by Crippen LogP contribution is -2.06. The van der Waals surface area contributed by atoms with Gasteiger partial charge in [-0.3, -0.25) is 9.59 Å². The maximum atomic E-state index is 11.3. The van der Waals surface area contributed by atoms with Crippen molar-refractivity contribution in [2.75, 3.05) is 5.73 Å². The summed E-state index contributed by atoms with van der Waals surface area (Å²) in [7, 11) is 0. The van der Waals surface area contributed by atoms with E-state index < -0.39 is 5.97 Å². The van der Waals surface area contributed by atoms with E-state index in [0.29, 0.717) is 5.69 Å². The average Bonchev–Trinajstić information content (AvgIpc) is 2.19. The molecule has 0 unspecified atom stereocenters. The third-order valence-electron chi connectivity index (χ3n) is 2.00. The Bertz CT molecular complexity index is 357. The first-order chi connectivity index (χ1) is 7.08. The van der Waals surface area contributed by atoms with Crippen molar-refractivity contribution in [2.24, 2.45) is 0 Å². The summed E-state index contributed by atoms with van der Waals surface area (Å²) in [4.78, 5) is 21.5. The molecule has 0 aliphatic rings. The SMILES string of the molecule is Nc1ccc(CC(=O)CCC(=O)O)cc1. The summed E-state index contributed by atoms with van der Waals surface area (Å²) >= 11 is 0. The van der Waals surface area contributed by atoms with Gasteiger partial charge in [0.25, 0.3) is 0 Å². The van der Waals surface area contributed by atoms with Crippen LogP contribution < -0.4 is 5.73 Å². The molecule has 0 heterocycles. The number of hydrogen-bond acceptors (Lipinski definition) is 3. The van der Waals surface area contributed by atoms with Gasteiger partial charge >= 0.3 is 5.97 Å². The van der Waals surface area contributed by atoms with E-state index in [2.05, 4.69) is 0 Å². The van der Waals surface area contributed by atoms with Gasteiger partial charge in [-0.2, -0.15) is 0 Å². The maximum Gasteiger partial charge on any atom is 0.303 e. The summed E-state index contributed by atoms with van der Waals surface area (Å²) in [6.07, 6.45) is 0.251. The highest BCUT2D eigenvalue weighted by molar-refractivity contribution is 5.84.